The van der Waals surface area contributed by atoms with Crippen LogP contribution in [0, 0.1) is 11.8 Å². The normalized spacial score (nSPS) is 23.8. The van der Waals surface area contributed by atoms with Crippen LogP contribution in [0.1, 0.15) is 51.5 Å². The number of hydrogen-bond donors (Lipinski definition) is 3. The highest BCUT2D eigenvalue weighted by Gasteiger charge is 2.41. The van der Waals surface area contributed by atoms with Gasteiger partial charge in [0.25, 0.3) is 0 Å². The van der Waals surface area contributed by atoms with E-state index in [1.54, 1.807) is 0 Å². The lowest BCUT2D eigenvalue weighted by molar-refractivity contribution is -0.147. The fourth-order valence-corrected chi connectivity index (χ4v) is 5.13. The summed E-state index contributed by atoms with van der Waals surface area (Å²) in [7, 11) is -3.49. The maximum Gasteiger partial charge on any atom is 0.306 e. The summed E-state index contributed by atoms with van der Waals surface area (Å²) in [6.45, 7) is 3.74. The monoisotopic (exact) mass is 467 g/mol. The quantitative estimate of drug-likeness (QED) is 0.233. The van der Waals surface area contributed by atoms with E-state index in [-0.39, 0.29) is 42.6 Å². The number of aryl methyl sites for hydroxylation is 1. The zero-order valence-corrected chi connectivity index (χ0v) is 19.8. The fraction of sp³-hybridized carbons (Fsp3) is 0.625. The minimum Gasteiger partial charge on any atom is -0.463 e. The number of carbonyl (C=O) groups is 1. The molecule has 4 atom stereocenters. The topological polar surface area (TPSA) is 113 Å². The Morgan fingerprint density at radius 3 is 2.53 bits per heavy atom. The van der Waals surface area contributed by atoms with E-state index in [0.717, 1.165) is 12.0 Å². The van der Waals surface area contributed by atoms with E-state index < -0.39 is 22.2 Å². The van der Waals surface area contributed by atoms with E-state index in [1.165, 1.54) is 0 Å². The molecule has 0 bridgehead atoms. The number of allylic oxidation sites excluding steroid dienone is 2. The highest BCUT2D eigenvalue weighted by atomic mass is 32.2. The second-order valence-corrected chi connectivity index (χ2v) is 10.7. The standard InChI is InChI=1S/C24H37NO6S/c1-18(2)31-24(28)13-9-4-3-8-12-20-21(23(27)16-22(20)26)17-25-32(29,30)15-14-19-10-6-5-7-11-19/h3,5-8,10-11,18,20-23,25-27H,4,9,12-17H2,1-2H3/b8-3-/t20-,21-,22+,23-/m1/s1. The van der Waals surface area contributed by atoms with Crippen molar-refractivity contribution in [3.05, 3.63) is 48.0 Å². The summed E-state index contributed by atoms with van der Waals surface area (Å²) in [5.41, 5.74) is 0.953. The number of aliphatic hydroxyl groups is 2. The molecule has 7 nitrogen and oxygen atoms in total. The van der Waals surface area contributed by atoms with Crippen LogP contribution in [0.25, 0.3) is 0 Å². The molecule has 32 heavy (non-hydrogen) atoms. The Morgan fingerprint density at radius 1 is 1.16 bits per heavy atom. The molecule has 1 aliphatic rings. The Kier molecular flexibility index (Phi) is 10.8. The Hall–Kier alpha value is -1.74. The first-order chi connectivity index (χ1) is 15.2. The predicted octanol–water partition coefficient (Wildman–Crippen LogP) is 2.57. The summed E-state index contributed by atoms with van der Waals surface area (Å²) in [5.74, 6) is -0.792. The van der Waals surface area contributed by atoms with Crippen LogP contribution in [0.4, 0.5) is 0 Å². The van der Waals surface area contributed by atoms with Gasteiger partial charge in [-0.05, 0) is 57.4 Å². The van der Waals surface area contributed by atoms with Crippen molar-refractivity contribution in [2.75, 3.05) is 12.3 Å². The second-order valence-electron chi connectivity index (χ2n) is 8.74. The van der Waals surface area contributed by atoms with Crippen LogP contribution in [-0.4, -0.2) is 55.2 Å². The van der Waals surface area contributed by atoms with Crippen LogP contribution in [0.2, 0.25) is 0 Å². The summed E-state index contributed by atoms with van der Waals surface area (Å²) >= 11 is 0. The van der Waals surface area contributed by atoms with Crippen LogP contribution in [0.3, 0.4) is 0 Å². The van der Waals surface area contributed by atoms with E-state index in [0.29, 0.717) is 25.7 Å². The number of nitrogens with one attached hydrogen (secondary N) is 1. The molecule has 0 radical (unpaired) electrons. The first-order valence-corrected chi connectivity index (χ1v) is 13.0. The number of hydrogen-bond acceptors (Lipinski definition) is 6. The zero-order valence-electron chi connectivity index (χ0n) is 19.0. The minimum absolute atomic E-state index is 0.0216. The van der Waals surface area contributed by atoms with Crippen molar-refractivity contribution in [3.63, 3.8) is 0 Å². The Morgan fingerprint density at radius 2 is 1.84 bits per heavy atom. The van der Waals surface area contributed by atoms with Crippen LogP contribution >= 0.6 is 0 Å². The van der Waals surface area contributed by atoms with Gasteiger partial charge in [-0.3, -0.25) is 4.79 Å². The van der Waals surface area contributed by atoms with Crippen molar-refractivity contribution in [3.8, 4) is 0 Å². The number of rotatable bonds is 13. The van der Waals surface area contributed by atoms with Crippen molar-refractivity contribution in [2.45, 2.75) is 70.7 Å². The molecular weight excluding hydrogens is 430 g/mol. The molecule has 0 amide bonds. The van der Waals surface area contributed by atoms with Gasteiger partial charge in [0, 0.05) is 18.9 Å². The van der Waals surface area contributed by atoms with E-state index in [2.05, 4.69) is 4.72 Å². The van der Waals surface area contributed by atoms with E-state index in [1.807, 2.05) is 56.3 Å². The smallest absolute Gasteiger partial charge is 0.306 e. The van der Waals surface area contributed by atoms with Crippen LogP contribution in [-0.2, 0) is 26.0 Å². The number of sulfonamides is 1. The Bertz CT molecular complexity index is 824. The molecule has 1 fully saturated rings. The highest BCUT2D eigenvalue weighted by Crippen LogP contribution is 2.35. The van der Waals surface area contributed by atoms with Crippen LogP contribution < -0.4 is 4.72 Å². The summed E-state index contributed by atoms with van der Waals surface area (Å²) < 4.78 is 32.5. The van der Waals surface area contributed by atoms with E-state index in [4.69, 9.17) is 4.74 Å². The van der Waals surface area contributed by atoms with Crippen molar-refractivity contribution in [1.82, 2.24) is 4.72 Å². The third-order valence-electron chi connectivity index (χ3n) is 5.76. The Balaban J connectivity index is 1.77. The summed E-state index contributed by atoms with van der Waals surface area (Å²) in [4.78, 5) is 11.5. The molecule has 0 spiro atoms. The van der Waals surface area contributed by atoms with Crippen molar-refractivity contribution >= 4 is 16.0 Å². The SMILES string of the molecule is CC(C)OC(=O)CCC/C=C\C[C@@H]1[C@@H](CNS(=O)(=O)CCc2ccccc2)[C@H](O)C[C@@H]1O. The first kappa shape index (κ1) is 26.5. The van der Waals surface area contributed by atoms with Gasteiger partial charge in [-0.15, -0.1) is 0 Å². The van der Waals surface area contributed by atoms with Gasteiger partial charge < -0.3 is 14.9 Å². The molecular formula is C24H37NO6S. The van der Waals surface area contributed by atoms with Gasteiger partial charge in [-0.1, -0.05) is 42.5 Å². The largest absolute Gasteiger partial charge is 0.463 e. The number of unbranched alkanes of at least 4 members (excludes halogenated alkanes) is 1. The third-order valence-corrected chi connectivity index (χ3v) is 7.10. The van der Waals surface area contributed by atoms with E-state index in [9.17, 15) is 23.4 Å². The summed E-state index contributed by atoms with van der Waals surface area (Å²) in [6.07, 6.45) is 5.35. The number of esters is 1. The third kappa shape index (κ3) is 9.40. The number of ether oxygens (including phenoxy) is 1. The fourth-order valence-electron chi connectivity index (χ4n) is 4.04. The van der Waals surface area contributed by atoms with Gasteiger partial charge in [0.1, 0.15) is 0 Å². The molecule has 0 saturated heterocycles. The molecule has 1 aliphatic carbocycles. The minimum atomic E-state index is -3.49. The second kappa shape index (κ2) is 13.1. The van der Waals surface area contributed by atoms with Crippen LogP contribution in [0.15, 0.2) is 42.5 Å². The van der Waals surface area contributed by atoms with Gasteiger partial charge in [0.2, 0.25) is 10.0 Å². The molecule has 0 unspecified atom stereocenters. The highest BCUT2D eigenvalue weighted by molar-refractivity contribution is 7.89. The molecule has 0 aromatic heterocycles. The molecule has 8 heteroatoms. The molecule has 2 rings (SSSR count). The molecule has 1 aromatic carbocycles. The summed E-state index contributed by atoms with van der Waals surface area (Å²) in [5, 5.41) is 20.7. The van der Waals surface area contributed by atoms with Gasteiger partial charge >= 0.3 is 5.97 Å². The lowest BCUT2D eigenvalue weighted by Gasteiger charge is -2.22. The molecule has 1 saturated carbocycles. The average Bonchev–Trinajstić information content (AvgIpc) is 3.00. The summed E-state index contributed by atoms with van der Waals surface area (Å²) in [6, 6.07) is 9.42. The number of aliphatic hydroxyl groups excluding tert-OH is 2. The number of benzene rings is 1. The van der Waals surface area contributed by atoms with Crippen molar-refractivity contribution in [2.24, 2.45) is 11.8 Å². The molecule has 1 aromatic rings. The maximum absolute atomic E-state index is 12.4. The lowest BCUT2D eigenvalue weighted by atomic mass is 9.90. The maximum atomic E-state index is 12.4. The van der Waals surface area contributed by atoms with Crippen molar-refractivity contribution in [1.29, 1.82) is 0 Å². The van der Waals surface area contributed by atoms with Gasteiger partial charge in [0.15, 0.2) is 0 Å². The lowest BCUT2D eigenvalue weighted by Crippen LogP contribution is -2.37. The predicted molar refractivity (Wildman–Crippen MR) is 124 cm³/mol. The average molecular weight is 468 g/mol. The molecule has 0 aliphatic heterocycles. The number of carbonyl (C=O) groups excluding carboxylic acids is 1. The first-order valence-electron chi connectivity index (χ1n) is 11.4. The van der Waals surface area contributed by atoms with Crippen molar-refractivity contribution < 1.29 is 28.2 Å². The van der Waals surface area contributed by atoms with Gasteiger partial charge in [-0.25, -0.2) is 13.1 Å². The molecule has 180 valence electrons. The van der Waals surface area contributed by atoms with Gasteiger partial charge in [0.05, 0.1) is 24.1 Å². The van der Waals surface area contributed by atoms with E-state index >= 15 is 0 Å². The zero-order chi connectivity index (χ0) is 23.6. The van der Waals surface area contributed by atoms with Crippen LogP contribution in [0.5, 0.6) is 0 Å². The van der Waals surface area contributed by atoms with Gasteiger partial charge in [-0.2, -0.15) is 0 Å². The molecule has 3 N–H and O–H groups in total. The molecule has 0 heterocycles. The Labute approximate surface area is 191 Å².